The van der Waals surface area contributed by atoms with Crippen molar-refractivity contribution < 1.29 is 9.72 Å². The molecule has 0 aliphatic carbocycles. The van der Waals surface area contributed by atoms with E-state index in [4.69, 9.17) is 5.84 Å². The topological polar surface area (TPSA) is 122 Å². The lowest BCUT2D eigenvalue weighted by Crippen LogP contribution is -2.31. The van der Waals surface area contributed by atoms with E-state index >= 15 is 0 Å². The summed E-state index contributed by atoms with van der Waals surface area (Å²) < 4.78 is 0. The smallest absolute Gasteiger partial charge is 0.273 e. The van der Waals surface area contributed by atoms with Crippen molar-refractivity contribution in [3.63, 3.8) is 0 Å². The van der Waals surface area contributed by atoms with Gasteiger partial charge in [-0.15, -0.1) is 0 Å². The highest BCUT2D eigenvalue weighted by Gasteiger charge is 2.09. The van der Waals surface area contributed by atoms with E-state index in [9.17, 15) is 14.9 Å². The Balaban J connectivity index is 2.61. The summed E-state index contributed by atoms with van der Waals surface area (Å²) in [6.07, 6.45) is 0.284. The summed E-state index contributed by atoms with van der Waals surface area (Å²) in [5.74, 6) is 5.18. The zero-order chi connectivity index (χ0) is 15.1. The number of hydrogen-bond acceptors (Lipinski definition) is 6. The van der Waals surface area contributed by atoms with E-state index in [2.05, 4.69) is 16.1 Å². The zero-order valence-corrected chi connectivity index (χ0v) is 11.5. The normalized spacial score (nSPS) is 10.2. The van der Waals surface area contributed by atoms with Crippen LogP contribution in [-0.2, 0) is 4.79 Å². The number of rotatable bonds is 7. The molecule has 1 amide bonds. The number of nitrogens with zero attached hydrogens (tertiary/aromatic N) is 1. The van der Waals surface area contributed by atoms with E-state index in [1.54, 1.807) is 6.07 Å². The molecule has 0 saturated carbocycles. The van der Waals surface area contributed by atoms with Gasteiger partial charge in [-0.1, -0.05) is 0 Å². The number of carbonyl (C=O) groups excluding carboxylic acids is 1. The van der Waals surface area contributed by atoms with Crippen LogP contribution in [-0.4, -0.2) is 23.4 Å². The van der Waals surface area contributed by atoms with Crippen LogP contribution in [0.5, 0.6) is 0 Å². The molecule has 0 aliphatic rings. The quantitative estimate of drug-likeness (QED) is 0.338. The summed E-state index contributed by atoms with van der Waals surface area (Å²) in [6, 6.07) is 4.44. The largest absolute Gasteiger partial charge is 0.384 e. The van der Waals surface area contributed by atoms with Crippen LogP contribution in [0.25, 0.3) is 0 Å². The Morgan fingerprint density at radius 1 is 1.35 bits per heavy atom. The van der Waals surface area contributed by atoms with Crippen LogP contribution in [0.15, 0.2) is 18.2 Å². The molecule has 0 aromatic heterocycles. The first-order valence-corrected chi connectivity index (χ1v) is 6.21. The first kappa shape index (κ1) is 15.7. The van der Waals surface area contributed by atoms with Crippen molar-refractivity contribution in [3.05, 3.63) is 28.3 Å². The second-order valence-electron chi connectivity index (χ2n) is 4.57. The number of benzene rings is 1. The maximum atomic E-state index is 11.5. The van der Waals surface area contributed by atoms with E-state index in [0.717, 1.165) is 0 Å². The predicted octanol–water partition coefficient (Wildman–Crippen LogP) is 1.21. The molecule has 0 bridgehead atoms. The Hall–Kier alpha value is -2.35. The van der Waals surface area contributed by atoms with Crippen LogP contribution in [0.2, 0.25) is 0 Å². The molecule has 1 aromatic carbocycles. The highest BCUT2D eigenvalue weighted by molar-refractivity contribution is 5.76. The third-order valence-corrected chi connectivity index (χ3v) is 2.43. The lowest BCUT2D eigenvalue weighted by Gasteiger charge is -2.10. The minimum Gasteiger partial charge on any atom is -0.384 e. The molecule has 110 valence electrons. The van der Waals surface area contributed by atoms with Crippen LogP contribution >= 0.6 is 0 Å². The Morgan fingerprint density at radius 2 is 2.00 bits per heavy atom. The van der Waals surface area contributed by atoms with Gasteiger partial charge in [0.05, 0.1) is 10.6 Å². The number of nitrogen functional groups attached to an aromatic ring is 1. The number of hydrazine groups is 1. The fraction of sp³-hybridized carbons (Fsp3) is 0.417. The summed E-state index contributed by atoms with van der Waals surface area (Å²) in [5, 5.41) is 16.5. The Labute approximate surface area is 116 Å². The maximum absolute atomic E-state index is 11.5. The van der Waals surface area contributed by atoms with E-state index < -0.39 is 4.92 Å². The predicted molar refractivity (Wildman–Crippen MR) is 77.3 cm³/mol. The van der Waals surface area contributed by atoms with Gasteiger partial charge < -0.3 is 16.1 Å². The number of non-ortho nitro benzene ring substituents is 1. The summed E-state index contributed by atoms with van der Waals surface area (Å²) in [4.78, 5) is 21.7. The molecule has 0 unspecified atom stereocenters. The molecule has 0 radical (unpaired) electrons. The molecule has 1 rings (SSSR count). The molecular weight excluding hydrogens is 262 g/mol. The number of nitrogens with one attached hydrogen (secondary N) is 3. The number of nitrogens with two attached hydrogens (primary N) is 1. The average molecular weight is 281 g/mol. The van der Waals surface area contributed by atoms with Gasteiger partial charge in [-0.05, 0) is 19.9 Å². The summed E-state index contributed by atoms with van der Waals surface area (Å²) in [7, 11) is 0. The lowest BCUT2D eigenvalue weighted by molar-refractivity contribution is -0.384. The standard InChI is InChI=1S/C12H19N5O3/c1-8(2)15-12(18)3-4-14-9-5-10(16-13)7-11(6-9)17(19)20/h5-8,14,16H,3-4,13H2,1-2H3,(H,15,18). The number of amides is 1. The minimum absolute atomic E-state index is 0.0740. The molecule has 1 aromatic rings. The van der Waals surface area contributed by atoms with Gasteiger partial charge in [0.25, 0.3) is 5.69 Å². The van der Waals surface area contributed by atoms with Crippen molar-refractivity contribution in [2.45, 2.75) is 26.3 Å². The van der Waals surface area contributed by atoms with Gasteiger partial charge >= 0.3 is 0 Å². The summed E-state index contributed by atoms with van der Waals surface area (Å²) in [6.45, 7) is 4.14. The van der Waals surface area contributed by atoms with Crippen molar-refractivity contribution in [2.75, 3.05) is 17.3 Å². The minimum atomic E-state index is -0.502. The maximum Gasteiger partial charge on any atom is 0.273 e. The van der Waals surface area contributed by atoms with Gasteiger partial charge in [-0.2, -0.15) is 0 Å². The first-order chi connectivity index (χ1) is 9.42. The SMILES string of the molecule is CC(C)NC(=O)CCNc1cc(NN)cc([N+](=O)[O-])c1. The molecular formula is C12H19N5O3. The van der Waals surface area contributed by atoms with Crippen molar-refractivity contribution in [1.29, 1.82) is 0 Å². The van der Waals surface area contributed by atoms with Gasteiger partial charge in [-0.3, -0.25) is 20.8 Å². The van der Waals surface area contributed by atoms with Gasteiger partial charge in [0.2, 0.25) is 5.91 Å². The molecule has 8 heteroatoms. The molecule has 0 fully saturated rings. The fourth-order valence-corrected chi connectivity index (χ4v) is 1.62. The van der Waals surface area contributed by atoms with Gasteiger partial charge in [0.15, 0.2) is 0 Å². The number of anilines is 2. The third-order valence-electron chi connectivity index (χ3n) is 2.43. The van der Waals surface area contributed by atoms with E-state index in [1.807, 2.05) is 13.8 Å². The highest BCUT2D eigenvalue weighted by atomic mass is 16.6. The van der Waals surface area contributed by atoms with Crippen LogP contribution < -0.4 is 21.9 Å². The van der Waals surface area contributed by atoms with Gasteiger partial charge in [0, 0.05) is 36.8 Å². The number of nitro groups is 1. The average Bonchev–Trinajstić information content (AvgIpc) is 2.37. The van der Waals surface area contributed by atoms with Crippen molar-refractivity contribution in [3.8, 4) is 0 Å². The van der Waals surface area contributed by atoms with Gasteiger partial charge in [0.1, 0.15) is 0 Å². The summed E-state index contributed by atoms with van der Waals surface area (Å²) >= 11 is 0. The molecule has 5 N–H and O–H groups in total. The van der Waals surface area contributed by atoms with E-state index in [0.29, 0.717) is 17.9 Å². The van der Waals surface area contributed by atoms with Crippen molar-refractivity contribution >= 4 is 23.0 Å². The van der Waals surface area contributed by atoms with Crippen LogP contribution in [0.4, 0.5) is 17.1 Å². The summed E-state index contributed by atoms with van der Waals surface area (Å²) in [5.41, 5.74) is 3.25. The number of nitro benzene ring substituents is 1. The second-order valence-corrected chi connectivity index (χ2v) is 4.57. The third kappa shape index (κ3) is 5.11. The van der Waals surface area contributed by atoms with Crippen molar-refractivity contribution in [2.24, 2.45) is 5.84 Å². The monoisotopic (exact) mass is 281 g/mol. The highest BCUT2D eigenvalue weighted by Crippen LogP contribution is 2.23. The zero-order valence-electron chi connectivity index (χ0n) is 11.5. The molecule has 0 heterocycles. The van der Waals surface area contributed by atoms with Crippen LogP contribution in [0.1, 0.15) is 20.3 Å². The van der Waals surface area contributed by atoms with Gasteiger partial charge in [-0.25, -0.2) is 0 Å². The molecule has 0 saturated heterocycles. The Bertz CT molecular complexity index is 490. The molecule has 0 spiro atoms. The molecule has 8 nitrogen and oxygen atoms in total. The van der Waals surface area contributed by atoms with Crippen molar-refractivity contribution in [1.82, 2.24) is 5.32 Å². The van der Waals surface area contributed by atoms with Crippen LogP contribution in [0.3, 0.4) is 0 Å². The molecule has 0 aliphatic heterocycles. The van der Waals surface area contributed by atoms with E-state index in [1.165, 1.54) is 12.1 Å². The lowest BCUT2D eigenvalue weighted by atomic mass is 10.2. The fourth-order valence-electron chi connectivity index (χ4n) is 1.62. The Morgan fingerprint density at radius 3 is 2.55 bits per heavy atom. The van der Waals surface area contributed by atoms with Crippen LogP contribution in [0, 0.1) is 10.1 Å². The number of hydrogen-bond donors (Lipinski definition) is 4. The molecule has 20 heavy (non-hydrogen) atoms. The molecule has 0 atom stereocenters. The van der Waals surface area contributed by atoms with E-state index in [-0.39, 0.29) is 24.1 Å². The Kier molecular flexibility index (Phi) is 5.73. The number of carbonyl (C=O) groups is 1. The first-order valence-electron chi connectivity index (χ1n) is 6.21. The second kappa shape index (κ2) is 7.29.